The maximum Gasteiger partial charge on any atom is 0.182 e. The van der Waals surface area contributed by atoms with E-state index >= 15 is 0 Å². The van der Waals surface area contributed by atoms with Crippen molar-refractivity contribution in [2.45, 2.75) is 10.6 Å². The summed E-state index contributed by atoms with van der Waals surface area (Å²) in [5.74, 6) is -0.107. The highest BCUT2D eigenvalue weighted by molar-refractivity contribution is 9.10. The molecular formula is C14H10BrNO2S. The third kappa shape index (κ3) is 3.43. The second kappa shape index (κ2) is 5.55. The van der Waals surface area contributed by atoms with Crippen molar-refractivity contribution in [3.8, 4) is 6.07 Å². The van der Waals surface area contributed by atoms with Gasteiger partial charge in [-0.3, -0.25) is 0 Å². The first-order valence-electron chi connectivity index (χ1n) is 5.49. The van der Waals surface area contributed by atoms with E-state index in [0.29, 0.717) is 11.1 Å². The number of rotatable bonds is 3. The highest BCUT2D eigenvalue weighted by Crippen LogP contribution is 2.19. The molecule has 0 aliphatic heterocycles. The predicted molar refractivity (Wildman–Crippen MR) is 76.2 cm³/mol. The smallest absolute Gasteiger partial charge is 0.182 e. The lowest BCUT2D eigenvalue weighted by Crippen LogP contribution is -2.05. The molecule has 3 nitrogen and oxygen atoms in total. The molecule has 0 radical (unpaired) electrons. The molecular weight excluding hydrogens is 326 g/mol. The van der Waals surface area contributed by atoms with Crippen LogP contribution in [0, 0.1) is 11.3 Å². The van der Waals surface area contributed by atoms with Crippen LogP contribution in [-0.2, 0) is 15.6 Å². The van der Waals surface area contributed by atoms with Crippen LogP contribution in [0.2, 0.25) is 0 Å². The summed E-state index contributed by atoms with van der Waals surface area (Å²) in [4.78, 5) is 0.276. The monoisotopic (exact) mass is 335 g/mol. The van der Waals surface area contributed by atoms with E-state index in [0.717, 1.165) is 4.47 Å². The Hall–Kier alpha value is -1.64. The number of sulfone groups is 1. The molecule has 2 rings (SSSR count). The topological polar surface area (TPSA) is 57.9 Å². The first-order chi connectivity index (χ1) is 9.01. The summed E-state index contributed by atoms with van der Waals surface area (Å²) in [5.41, 5.74) is 1.07. The highest BCUT2D eigenvalue weighted by atomic mass is 79.9. The zero-order valence-corrected chi connectivity index (χ0v) is 12.3. The second-order valence-corrected chi connectivity index (χ2v) is 6.93. The average molecular weight is 336 g/mol. The zero-order valence-electron chi connectivity index (χ0n) is 9.88. The van der Waals surface area contributed by atoms with Crippen molar-refractivity contribution in [3.63, 3.8) is 0 Å². The van der Waals surface area contributed by atoms with Gasteiger partial charge in [0, 0.05) is 4.47 Å². The molecule has 0 saturated carbocycles. The van der Waals surface area contributed by atoms with Crippen LogP contribution >= 0.6 is 15.9 Å². The maximum atomic E-state index is 12.2. The van der Waals surface area contributed by atoms with Gasteiger partial charge in [0.2, 0.25) is 0 Å². The van der Waals surface area contributed by atoms with E-state index in [4.69, 9.17) is 5.26 Å². The summed E-state index contributed by atoms with van der Waals surface area (Å²) in [6, 6.07) is 15.1. The molecule has 0 heterocycles. The van der Waals surface area contributed by atoms with Crippen LogP contribution in [0.15, 0.2) is 57.9 Å². The molecule has 0 amide bonds. The number of hydrogen-bond acceptors (Lipinski definition) is 3. The lowest BCUT2D eigenvalue weighted by atomic mass is 10.2. The summed E-state index contributed by atoms with van der Waals surface area (Å²) in [5, 5.41) is 8.80. The number of nitriles is 1. The first kappa shape index (κ1) is 13.8. The molecule has 0 aliphatic carbocycles. The lowest BCUT2D eigenvalue weighted by molar-refractivity contribution is 0.595. The van der Waals surface area contributed by atoms with Crippen molar-refractivity contribution >= 4 is 25.8 Å². The fourth-order valence-electron chi connectivity index (χ4n) is 1.68. The van der Waals surface area contributed by atoms with Crippen LogP contribution in [-0.4, -0.2) is 8.42 Å². The minimum absolute atomic E-state index is 0.107. The Bertz CT molecular complexity index is 731. The Morgan fingerprint density at radius 2 is 1.79 bits per heavy atom. The first-order valence-corrected chi connectivity index (χ1v) is 7.93. The molecule has 0 unspecified atom stereocenters. The van der Waals surface area contributed by atoms with Crippen LogP contribution in [0.25, 0.3) is 0 Å². The van der Waals surface area contributed by atoms with Crippen LogP contribution in [0.1, 0.15) is 11.1 Å². The molecule has 2 aromatic rings. The van der Waals surface area contributed by atoms with Gasteiger partial charge in [-0.15, -0.1) is 0 Å². The van der Waals surface area contributed by atoms with E-state index in [1.165, 1.54) is 0 Å². The van der Waals surface area contributed by atoms with Crippen molar-refractivity contribution in [1.29, 1.82) is 5.26 Å². The Kier molecular flexibility index (Phi) is 4.03. The van der Waals surface area contributed by atoms with Gasteiger partial charge in [0.05, 0.1) is 22.3 Å². The van der Waals surface area contributed by atoms with Crippen molar-refractivity contribution in [2.75, 3.05) is 0 Å². The van der Waals surface area contributed by atoms with Crippen molar-refractivity contribution in [2.24, 2.45) is 0 Å². The van der Waals surface area contributed by atoms with Gasteiger partial charge in [0.25, 0.3) is 0 Å². The van der Waals surface area contributed by atoms with Crippen LogP contribution < -0.4 is 0 Å². The van der Waals surface area contributed by atoms with Crippen LogP contribution in [0.5, 0.6) is 0 Å². The van der Waals surface area contributed by atoms with Gasteiger partial charge in [-0.05, 0) is 42.0 Å². The molecule has 2 aromatic carbocycles. The Balaban J connectivity index is 2.31. The van der Waals surface area contributed by atoms with E-state index < -0.39 is 9.84 Å². The molecule has 0 N–H and O–H groups in total. The number of halogens is 1. The molecule has 0 fully saturated rings. The molecule has 0 atom stereocenters. The fraction of sp³-hybridized carbons (Fsp3) is 0.0714. The van der Waals surface area contributed by atoms with Crippen molar-refractivity contribution in [1.82, 2.24) is 0 Å². The predicted octanol–water partition coefficient (Wildman–Crippen LogP) is 3.29. The van der Waals surface area contributed by atoms with Gasteiger partial charge in [-0.1, -0.05) is 28.1 Å². The van der Waals surface area contributed by atoms with Gasteiger partial charge in [-0.25, -0.2) is 8.42 Å². The maximum absolute atomic E-state index is 12.2. The van der Waals surface area contributed by atoms with E-state index in [1.807, 2.05) is 6.07 Å². The molecule has 0 aliphatic rings. The van der Waals surface area contributed by atoms with E-state index in [1.54, 1.807) is 48.5 Å². The Morgan fingerprint density at radius 1 is 1.11 bits per heavy atom. The number of nitrogens with zero attached hydrogens (tertiary/aromatic N) is 1. The lowest BCUT2D eigenvalue weighted by Gasteiger charge is -2.05. The largest absolute Gasteiger partial charge is 0.223 e. The van der Waals surface area contributed by atoms with Crippen LogP contribution in [0.3, 0.4) is 0 Å². The van der Waals surface area contributed by atoms with Gasteiger partial charge in [0.15, 0.2) is 9.84 Å². The van der Waals surface area contributed by atoms with Gasteiger partial charge in [-0.2, -0.15) is 5.26 Å². The SMILES string of the molecule is N#Cc1cccc(CS(=O)(=O)c2ccc(Br)cc2)c1. The van der Waals surface area contributed by atoms with Crippen LogP contribution in [0.4, 0.5) is 0 Å². The normalized spacial score (nSPS) is 10.9. The molecule has 96 valence electrons. The summed E-state index contributed by atoms with van der Waals surface area (Å²) in [6.07, 6.45) is 0. The minimum atomic E-state index is -3.39. The summed E-state index contributed by atoms with van der Waals surface area (Å²) in [6.45, 7) is 0. The third-order valence-electron chi connectivity index (χ3n) is 2.59. The second-order valence-electron chi connectivity index (χ2n) is 4.03. The average Bonchev–Trinajstić information content (AvgIpc) is 2.39. The van der Waals surface area contributed by atoms with Gasteiger partial charge in [0.1, 0.15) is 0 Å². The van der Waals surface area contributed by atoms with E-state index in [2.05, 4.69) is 15.9 Å². The van der Waals surface area contributed by atoms with Gasteiger partial charge >= 0.3 is 0 Å². The molecule has 0 aromatic heterocycles. The molecule has 0 saturated heterocycles. The van der Waals surface area contributed by atoms with E-state index in [-0.39, 0.29) is 10.6 Å². The van der Waals surface area contributed by atoms with Gasteiger partial charge < -0.3 is 0 Å². The molecule has 0 spiro atoms. The minimum Gasteiger partial charge on any atom is -0.223 e. The van der Waals surface area contributed by atoms with Crippen molar-refractivity contribution in [3.05, 3.63) is 64.1 Å². The highest BCUT2D eigenvalue weighted by Gasteiger charge is 2.15. The summed E-state index contributed by atoms with van der Waals surface area (Å²) < 4.78 is 25.3. The van der Waals surface area contributed by atoms with Crippen molar-refractivity contribution < 1.29 is 8.42 Å². The fourth-order valence-corrected chi connectivity index (χ4v) is 3.28. The molecule has 19 heavy (non-hydrogen) atoms. The molecule has 0 bridgehead atoms. The standard InChI is InChI=1S/C14H10BrNO2S/c15-13-4-6-14(7-5-13)19(17,18)10-12-3-1-2-11(8-12)9-16/h1-8H,10H2. The Labute approximate surface area is 120 Å². The zero-order chi connectivity index (χ0) is 13.9. The number of hydrogen-bond donors (Lipinski definition) is 0. The molecule has 5 heteroatoms. The summed E-state index contributed by atoms with van der Waals surface area (Å²) in [7, 11) is -3.39. The third-order valence-corrected chi connectivity index (χ3v) is 4.82. The Morgan fingerprint density at radius 3 is 2.42 bits per heavy atom. The number of benzene rings is 2. The van der Waals surface area contributed by atoms with E-state index in [9.17, 15) is 8.42 Å². The summed E-state index contributed by atoms with van der Waals surface area (Å²) >= 11 is 3.27. The quantitative estimate of drug-likeness (QED) is 0.864.